The molecule has 0 spiro atoms. The number of ether oxygens (including phenoxy) is 1. The van der Waals surface area contributed by atoms with Gasteiger partial charge in [-0.15, -0.1) is 0 Å². The molecule has 148 valence electrons. The van der Waals surface area contributed by atoms with Crippen LogP contribution in [0.1, 0.15) is 43.5 Å². The predicted octanol–water partition coefficient (Wildman–Crippen LogP) is 4.99. The summed E-state index contributed by atoms with van der Waals surface area (Å²) in [6, 6.07) is 22.8. The van der Waals surface area contributed by atoms with Gasteiger partial charge in [-0.05, 0) is 54.8 Å². The monoisotopic (exact) mass is 385 g/mol. The molecule has 3 rings (SSSR count). The van der Waals surface area contributed by atoms with Crippen LogP contribution in [-0.2, 0) is 14.9 Å². The lowest BCUT2D eigenvalue weighted by atomic mass is 9.84. The van der Waals surface area contributed by atoms with E-state index in [0.717, 1.165) is 11.1 Å². The lowest BCUT2D eigenvalue weighted by molar-refractivity contribution is -0.146. The Hall–Kier alpha value is -3.09. The highest BCUT2D eigenvalue weighted by atomic mass is 16.5. The fourth-order valence-electron chi connectivity index (χ4n) is 3.43. The van der Waals surface area contributed by atoms with Crippen molar-refractivity contribution >= 4 is 16.7 Å². The molecule has 0 aliphatic heterocycles. The molecule has 29 heavy (non-hydrogen) atoms. The number of nitrogens with one attached hydrogen (secondary N) is 1. The van der Waals surface area contributed by atoms with Crippen molar-refractivity contribution in [2.75, 3.05) is 13.7 Å². The summed E-state index contributed by atoms with van der Waals surface area (Å²) in [7, 11) is 1.41. The van der Waals surface area contributed by atoms with Gasteiger partial charge in [-0.25, -0.2) is 0 Å². The van der Waals surface area contributed by atoms with Gasteiger partial charge >= 0.3 is 5.97 Å². The second-order valence-corrected chi connectivity index (χ2v) is 7.67. The topological polar surface area (TPSA) is 38.3 Å². The number of rotatable bonds is 5. The summed E-state index contributed by atoms with van der Waals surface area (Å²) in [5.41, 5.74) is 2.45. The van der Waals surface area contributed by atoms with E-state index in [2.05, 4.69) is 66.5 Å². The van der Waals surface area contributed by atoms with Crippen LogP contribution in [-0.4, -0.2) is 19.6 Å². The highest BCUT2D eigenvalue weighted by Gasteiger charge is 2.30. The molecule has 0 aliphatic carbocycles. The van der Waals surface area contributed by atoms with Gasteiger partial charge in [0, 0.05) is 11.6 Å². The molecule has 3 heteroatoms. The number of carbonyl (C=O) groups is 1. The second kappa shape index (κ2) is 8.94. The van der Waals surface area contributed by atoms with Gasteiger partial charge in [0.2, 0.25) is 0 Å². The first-order valence-electron chi connectivity index (χ1n) is 9.82. The van der Waals surface area contributed by atoms with E-state index < -0.39 is 5.41 Å². The highest BCUT2D eigenvalue weighted by Crippen LogP contribution is 2.25. The fourth-order valence-corrected chi connectivity index (χ4v) is 3.43. The maximum absolute atomic E-state index is 11.9. The summed E-state index contributed by atoms with van der Waals surface area (Å²) in [6.45, 7) is 6.48. The zero-order valence-electron chi connectivity index (χ0n) is 17.5. The van der Waals surface area contributed by atoms with Crippen LogP contribution in [0.15, 0.2) is 66.7 Å². The summed E-state index contributed by atoms with van der Waals surface area (Å²) < 4.78 is 4.89. The SMILES string of the molecule is COC(=O)C(C)(C)c1ccc(C#CCN[C@H](C)c2cccc3ccccc23)cc1. The van der Waals surface area contributed by atoms with Crippen LogP contribution >= 0.6 is 0 Å². The van der Waals surface area contributed by atoms with Gasteiger partial charge in [-0.1, -0.05) is 66.4 Å². The molecule has 0 aliphatic rings. The Morgan fingerprint density at radius 1 is 1.03 bits per heavy atom. The minimum atomic E-state index is -0.670. The molecular weight excluding hydrogens is 358 g/mol. The summed E-state index contributed by atoms with van der Waals surface area (Å²) in [5.74, 6) is 6.12. The number of benzene rings is 3. The van der Waals surface area contributed by atoms with Crippen LogP contribution in [0, 0.1) is 11.8 Å². The largest absolute Gasteiger partial charge is 0.468 e. The Bertz CT molecular complexity index is 1050. The van der Waals surface area contributed by atoms with Crippen LogP contribution < -0.4 is 5.32 Å². The summed E-state index contributed by atoms with van der Waals surface area (Å²) in [5, 5.41) is 6.00. The van der Waals surface area contributed by atoms with Gasteiger partial charge < -0.3 is 4.74 Å². The lowest BCUT2D eigenvalue weighted by Crippen LogP contribution is -2.30. The smallest absolute Gasteiger partial charge is 0.315 e. The molecule has 0 aromatic heterocycles. The molecule has 0 unspecified atom stereocenters. The third kappa shape index (κ3) is 4.67. The average molecular weight is 386 g/mol. The molecule has 1 N–H and O–H groups in total. The zero-order chi connectivity index (χ0) is 20.9. The summed E-state index contributed by atoms with van der Waals surface area (Å²) >= 11 is 0. The Kier molecular flexibility index (Phi) is 6.36. The van der Waals surface area contributed by atoms with Crippen LogP contribution in [0.5, 0.6) is 0 Å². The number of fused-ring (bicyclic) bond motifs is 1. The van der Waals surface area contributed by atoms with E-state index in [1.165, 1.54) is 23.4 Å². The van der Waals surface area contributed by atoms with Gasteiger partial charge in [-0.2, -0.15) is 0 Å². The van der Waals surface area contributed by atoms with E-state index in [1.54, 1.807) is 0 Å². The quantitative estimate of drug-likeness (QED) is 0.497. The fraction of sp³-hybridized carbons (Fsp3) is 0.269. The maximum Gasteiger partial charge on any atom is 0.315 e. The molecule has 0 saturated carbocycles. The minimum absolute atomic E-state index is 0.207. The standard InChI is InChI=1S/C26H27NO2/c1-19(23-13-7-11-21-10-5-6-12-24(21)23)27-18-8-9-20-14-16-22(17-15-20)26(2,3)25(28)29-4/h5-7,10-17,19,27H,18H2,1-4H3/t19-/m1/s1. The predicted molar refractivity (Wildman–Crippen MR) is 119 cm³/mol. The van der Waals surface area contributed by atoms with E-state index in [-0.39, 0.29) is 12.0 Å². The van der Waals surface area contributed by atoms with Crippen molar-refractivity contribution in [2.24, 2.45) is 0 Å². The molecule has 0 heterocycles. The molecule has 1 atom stereocenters. The van der Waals surface area contributed by atoms with Crippen molar-refractivity contribution < 1.29 is 9.53 Å². The Morgan fingerprint density at radius 2 is 1.72 bits per heavy atom. The van der Waals surface area contributed by atoms with E-state index >= 15 is 0 Å². The van der Waals surface area contributed by atoms with E-state index in [0.29, 0.717) is 6.54 Å². The maximum atomic E-state index is 11.9. The van der Waals surface area contributed by atoms with E-state index in [9.17, 15) is 4.79 Å². The van der Waals surface area contributed by atoms with Crippen molar-refractivity contribution in [1.29, 1.82) is 0 Å². The van der Waals surface area contributed by atoms with Gasteiger partial charge in [0.1, 0.15) is 0 Å². The first-order chi connectivity index (χ1) is 13.9. The van der Waals surface area contributed by atoms with Crippen molar-refractivity contribution in [1.82, 2.24) is 5.32 Å². The Morgan fingerprint density at radius 3 is 2.45 bits per heavy atom. The van der Waals surface area contributed by atoms with Gasteiger partial charge in [-0.3, -0.25) is 10.1 Å². The molecule has 3 nitrogen and oxygen atoms in total. The van der Waals surface area contributed by atoms with Crippen LogP contribution in [0.4, 0.5) is 0 Å². The molecular formula is C26H27NO2. The number of hydrogen-bond donors (Lipinski definition) is 1. The van der Waals surface area contributed by atoms with Crippen molar-refractivity contribution in [3.05, 3.63) is 83.4 Å². The summed E-state index contributed by atoms with van der Waals surface area (Å²) in [6.07, 6.45) is 0. The zero-order valence-corrected chi connectivity index (χ0v) is 17.5. The average Bonchev–Trinajstić information content (AvgIpc) is 2.75. The molecule has 0 radical (unpaired) electrons. The van der Waals surface area contributed by atoms with Gasteiger partial charge in [0.15, 0.2) is 0 Å². The molecule has 0 amide bonds. The third-order valence-electron chi connectivity index (χ3n) is 5.32. The second-order valence-electron chi connectivity index (χ2n) is 7.67. The molecule has 3 aromatic carbocycles. The lowest BCUT2D eigenvalue weighted by Gasteiger charge is -2.21. The number of hydrogen-bond acceptors (Lipinski definition) is 3. The molecule has 3 aromatic rings. The van der Waals surface area contributed by atoms with Crippen molar-refractivity contribution in [2.45, 2.75) is 32.2 Å². The minimum Gasteiger partial charge on any atom is -0.468 e. The first-order valence-corrected chi connectivity index (χ1v) is 9.82. The van der Waals surface area contributed by atoms with Gasteiger partial charge in [0.25, 0.3) is 0 Å². The molecule has 0 saturated heterocycles. The summed E-state index contributed by atoms with van der Waals surface area (Å²) in [4.78, 5) is 11.9. The van der Waals surface area contributed by atoms with Crippen molar-refractivity contribution in [3.8, 4) is 11.8 Å². The van der Waals surface area contributed by atoms with Crippen molar-refractivity contribution in [3.63, 3.8) is 0 Å². The highest BCUT2D eigenvalue weighted by molar-refractivity contribution is 5.86. The van der Waals surface area contributed by atoms with E-state index in [1.807, 2.05) is 38.1 Å². The van der Waals surface area contributed by atoms with Crippen LogP contribution in [0.3, 0.4) is 0 Å². The van der Waals surface area contributed by atoms with Crippen LogP contribution in [0.25, 0.3) is 10.8 Å². The first kappa shape index (κ1) is 20.6. The molecule has 0 bridgehead atoms. The Balaban J connectivity index is 1.63. The van der Waals surface area contributed by atoms with Crippen LogP contribution in [0.2, 0.25) is 0 Å². The third-order valence-corrected chi connectivity index (χ3v) is 5.32. The number of methoxy groups -OCH3 is 1. The van der Waals surface area contributed by atoms with Gasteiger partial charge in [0.05, 0.1) is 19.1 Å². The number of esters is 1. The molecule has 0 fully saturated rings. The Labute approximate surface area is 173 Å². The number of carbonyl (C=O) groups excluding carboxylic acids is 1. The van der Waals surface area contributed by atoms with E-state index in [4.69, 9.17) is 4.74 Å². The normalized spacial score (nSPS) is 12.1.